The van der Waals surface area contributed by atoms with Gasteiger partial charge < -0.3 is 10.5 Å². The third kappa shape index (κ3) is 5.28. The van der Waals surface area contributed by atoms with Crippen LogP contribution in [0.15, 0.2) is 12.1 Å². The lowest BCUT2D eigenvalue weighted by molar-refractivity contribution is -0.166. The van der Waals surface area contributed by atoms with Crippen LogP contribution in [0.1, 0.15) is 22.3 Å². The number of hydrogen-bond acceptors (Lipinski definition) is 2. The number of alkyl halides is 4. The number of halogens is 4. The van der Waals surface area contributed by atoms with Gasteiger partial charge in [0, 0.05) is 6.04 Å². The van der Waals surface area contributed by atoms with E-state index in [2.05, 4.69) is 4.74 Å². The van der Waals surface area contributed by atoms with Gasteiger partial charge in [0.25, 0.3) is 0 Å². The highest BCUT2D eigenvalue weighted by molar-refractivity contribution is 5.37. The first-order valence-electron chi connectivity index (χ1n) is 6.69. The molecule has 0 heterocycles. The molecule has 0 aliphatic rings. The molecule has 1 aromatic carbocycles. The fourth-order valence-electron chi connectivity index (χ4n) is 2.26. The summed E-state index contributed by atoms with van der Waals surface area (Å²) < 4.78 is 53.9. The van der Waals surface area contributed by atoms with Crippen molar-refractivity contribution in [1.29, 1.82) is 0 Å². The van der Waals surface area contributed by atoms with Crippen molar-refractivity contribution in [2.24, 2.45) is 5.73 Å². The second-order valence-corrected chi connectivity index (χ2v) is 5.42. The molecule has 0 radical (unpaired) electrons. The molecule has 0 fully saturated rings. The van der Waals surface area contributed by atoms with Crippen molar-refractivity contribution < 1.29 is 22.3 Å². The molecule has 0 aliphatic carbocycles. The lowest BCUT2D eigenvalue weighted by Crippen LogP contribution is -2.36. The molecule has 1 atom stereocenters. The number of rotatable bonds is 7. The maximum atomic E-state index is 12.7. The first-order valence-corrected chi connectivity index (χ1v) is 6.69. The molecular formula is C15H21F4NO. The van der Waals surface area contributed by atoms with Crippen molar-refractivity contribution >= 4 is 0 Å². The van der Waals surface area contributed by atoms with Crippen LogP contribution in [0.5, 0.6) is 0 Å². The summed E-state index contributed by atoms with van der Waals surface area (Å²) in [4.78, 5) is 0. The number of benzene rings is 1. The number of aryl methyl sites for hydroxylation is 3. The Kier molecular flexibility index (Phi) is 6.16. The molecule has 0 aromatic heterocycles. The Labute approximate surface area is 122 Å². The Hall–Kier alpha value is -1.14. The molecule has 6 heteroatoms. The van der Waals surface area contributed by atoms with E-state index in [1.165, 1.54) is 0 Å². The largest absolute Gasteiger partial charge is 0.373 e. The van der Waals surface area contributed by atoms with Gasteiger partial charge in [0.15, 0.2) is 0 Å². The van der Waals surface area contributed by atoms with Crippen LogP contribution in [0, 0.1) is 20.8 Å². The molecule has 1 aromatic rings. The summed E-state index contributed by atoms with van der Waals surface area (Å²) in [5.41, 5.74) is 10.1. The van der Waals surface area contributed by atoms with Crippen LogP contribution in [0.2, 0.25) is 0 Å². The number of hydrogen-bond donors (Lipinski definition) is 1. The summed E-state index contributed by atoms with van der Waals surface area (Å²) in [6.45, 7) is 4.39. The van der Waals surface area contributed by atoms with E-state index in [0.717, 1.165) is 22.3 Å². The zero-order chi connectivity index (χ0) is 16.2. The summed E-state index contributed by atoms with van der Waals surface area (Å²) >= 11 is 0. The van der Waals surface area contributed by atoms with E-state index < -0.39 is 25.0 Å². The molecule has 0 amide bonds. The quantitative estimate of drug-likeness (QED) is 0.784. The van der Waals surface area contributed by atoms with Crippen molar-refractivity contribution in [3.63, 3.8) is 0 Å². The SMILES string of the molecule is Cc1cc(C)c(CC(N)COCC(F)(F)C(F)F)c(C)c1. The first-order chi connectivity index (χ1) is 9.63. The van der Waals surface area contributed by atoms with Gasteiger partial charge in [0.2, 0.25) is 0 Å². The molecule has 1 unspecified atom stereocenters. The van der Waals surface area contributed by atoms with Crippen LogP contribution >= 0.6 is 0 Å². The zero-order valence-electron chi connectivity index (χ0n) is 12.4. The van der Waals surface area contributed by atoms with Crippen LogP contribution in [-0.2, 0) is 11.2 Å². The fraction of sp³-hybridized carbons (Fsp3) is 0.600. The third-order valence-corrected chi connectivity index (χ3v) is 3.25. The molecule has 1 rings (SSSR count). The summed E-state index contributed by atoms with van der Waals surface area (Å²) in [6, 6.07) is 3.51. The van der Waals surface area contributed by atoms with Gasteiger partial charge in [-0.25, -0.2) is 8.78 Å². The smallest absolute Gasteiger partial charge is 0.330 e. The van der Waals surface area contributed by atoms with Gasteiger partial charge in [-0.2, -0.15) is 8.78 Å². The van der Waals surface area contributed by atoms with E-state index >= 15 is 0 Å². The first kappa shape index (κ1) is 17.9. The lowest BCUT2D eigenvalue weighted by atomic mass is 9.95. The Morgan fingerprint density at radius 2 is 1.67 bits per heavy atom. The van der Waals surface area contributed by atoms with Crippen molar-refractivity contribution in [2.75, 3.05) is 13.2 Å². The van der Waals surface area contributed by atoms with E-state index in [9.17, 15) is 17.6 Å². The van der Waals surface area contributed by atoms with Crippen LogP contribution in [-0.4, -0.2) is 31.6 Å². The second kappa shape index (κ2) is 7.22. The summed E-state index contributed by atoms with van der Waals surface area (Å²) in [7, 11) is 0. The predicted octanol–water partition coefficient (Wildman–Crippen LogP) is 3.40. The van der Waals surface area contributed by atoms with Crippen LogP contribution < -0.4 is 5.73 Å². The topological polar surface area (TPSA) is 35.2 Å². The number of nitrogens with two attached hydrogens (primary N) is 1. The van der Waals surface area contributed by atoms with Crippen molar-refractivity contribution in [3.8, 4) is 0 Å². The molecule has 2 nitrogen and oxygen atoms in total. The van der Waals surface area contributed by atoms with Crippen LogP contribution in [0.4, 0.5) is 17.6 Å². The fourth-order valence-corrected chi connectivity index (χ4v) is 2.26. The molecule has 0 bridgehead atoms. The molecule has 0 aliphatic heterocycles. The van der Waals surface area contributed by atoms with Gasteiger partial charge in [0.1, 0.15) is 6.61 Å². The van der Waals surface area contributed by atoms with Crippen LogP contribution in [0.25, 0.3) is 0 Å². The standard InChI is InChI=1S/C15H21F4NO/c1-9-4-10(2)13(11(3)5-9)6-12(20)7-21-8-15(18,19)14(16)17/h4-5,12,14H,6-8,20H2,1-3H3. The lowest BCUT2D eigenvalue weighted by Gasteiger charge is -2.19. The summed E-state index contributed by atoms with van der Waals surface area (Å²) in [5, 5.41) is 0. The molecule has 0 saturated carbocycles. The zero-order valence-corrected chi connectivity index (χ0v) is 12.4. The van der Waals surface area contributed by atoms with Gasteiger partial charge in [-0.05, 0) is 43.9 Å². The van der Waals surface area contributed by atoms with E-state index in [1.807, 2.05) is 32.9 Å². The maximum absolute atomic E-state index is 12.7. The Morgan fingerprint density at radius 1 is 1.14 bits per heavy atom. The average Bonchev–Trinajstić information content (AvgIpc) is 2.33. The van der Waals surface area contributed by atoms with E-state index in [0.29, 0.717) is 6.42 Å². The van der Waals surface area contributed by atoms with Gasteiger partial charge in [-0.1, -0.05) is 17.7 Å². The summed E-state index contributed by atoms with van der Waals surface area (Å²) in [6.07, 6.45) is -3.27. The molecule has 0 saturated heterocycles. The average molecular weight is 307 g/mol. The maximum Gasteiger partial charge on any atom is 0.330 e. The molecule has 0 spiro atoms. The predicted molar refractivity (Wildman–Crippen MR) is 74.1 cm³/mol. The third-order valence-electron chi connectivity index (χ3n) is 3.25. The van der Waals surface area contributed by atoms with E-state index in [-0.39, 0.29) is 6.61 Å². The molecule has 21 heavy (non-hydrogen) atoms. The Bertz CT molecular complexity index is 454. The Balaban J connectivity index is 2.54. The molecular weight excluding hydrogens is 286 g/mol. The minimum Gasteiger partial charge on any atom is -0.373 e. The normalized spacial score (nSPS) is 13.8. The second-order valence-electron chi connectivity index (χ2n) is 5.42. The van der Waals surface area contributed by atoms with E-state index in [4.69, 9.17) is 5.73 Å². The van der Waals surface area contributed by atoms with Gasteiger partial charge in [0.05, 0.1) is 6.61 Å². The molecule has 120 valence electrons. The highest BCUT2D eigenvalue weighted by Gasteiger charge is 2.41. The van der Waals surface area contributed by atoms with Gasteiger partial charge >= 0.3 is 12.3 Å². The van der Waals surface area contributed by atoms with Crippen LogP contribution in [0.3, 0.4) is 0 Å². The molecule has 2 N–H and O–H groups in total. The highest BCUT2D eigenvalue weighted by atomic mass is 19.3. The van der Waals surface area contributed by atoms with Crippen molar-refractivity contribution in [3.05, 3.63) is 34.4 Å². The summed E-state index contributed by atoms with van der Waals surface area (Å²) in [5.74, 6) is -4.13. The monoisotopic (exact) mass is 307 g/mol. The highest BCUT2D eigenvalue weighted by Crippen LogP contribution is 2.23. The van der Waals surface area contributed by atoms with Gasteiger partial charge in [-0.3, -0.25) is 0 Å². The van der Waals surface area contributed by atoms with E-state index in [1.54, 1.807) is 0 Å². The minimum atomic E-state index is -4.13. The Morgan fingerprint density at radius 3 is 2.14 bits per heavy atom. The van der Waals surface area contributed by atoms with Gasteiger partial charge in [-0.15, -0.1) is 0 Å². The minimum absolute atomic E-state index is 0.185. The van der Waals surface area contributed by atoms with Crippen molar-refractivity contribution in [2.45, 2.75) is 45.6 Å². The number of ether oxygens (including phenoxy) is 1. The van der Waals surface area contributed by atoms with Crippen molar-refractivity contribution in [1.82, 2.24) is 0 Å².